The van der Waals surface area contributed by atoms with Gasteiger partial charge in [0.15, 0.2) is 0 Å². The zero-order valence-electron chi connectivity index (χ0n) is 13.4. The van der Waals surface area contributed by atoms with Gasteiger partial charge in [0, 0.05) is 17.5 Å². The number of hydrogen-bond acceptors (Lipinski definition) is 5. The average Bonchev–Trinajstić information content (AvgIpc) is 2.59. The average molecular weight is 396 g/mol. The second-order valence-electron chi connectivity index (χ2n) is 5.42. The number of fused-ring (bicyclic) bond motifs is 1. The van der Waals surface area contributed by atoms with Gasteiger partial charge in [-0.1, -0.05) is 30.3 Å². The third kappa shape index (κ3) is 4.56. The molecule has 0 fully saturated rings. The maximum Gasteiger partial charge on any atom is 0.417 e. The van der Waals surface area contributed by atoms with Crippen LogP contribution in [0.25, 0.3) is 17.0 Å². The largest absolute Gasteiger partial charge is 0.423 e. The van der Waals surface area contributed by atoms with Gasteiger partial charge in [-0.2, -0.15) is 21.6 Å². The molecule has 0 amide bonds. The van der Waals surface area contributed by atoms with Gasteiger partial charge < -0.3 is 8.60 Å². The number of benzene rings is 2. The molecule has 0 bridgehead atoms. The van der Waals surface area contributed by atoms with E-state index < -0.39 is 33.1 Å². The summed E-state index contributed by atoms with van der Waals surface area (Å²) in [6, 6.07) is 11.8. The molecular formula is C18H11F3O5S. The molecule has 9 heteroatoms. The lowest BCUT2D eigenvalue weighted by atomic mass is 10.1. The molecule has 2 aromatic carbocycles. The van der Waals surface area contributed by atoms with Gasteiger partial charge in [-0.15, -0.1) is 0 Å². The minimum absolute atomic E-state index is 0.289. The van der Waals surface area contributed by atoms with Crippen LogP contribution in [0.4, 0.5) is 13.2 Å². The van der Waals surface area contributed by atoms with Crippen LogP contribution < -0.4 is 9.81 Å². The molecule has 0 saturated heterocycles. The Morgan fingerprint density at radius 1 is 1.00 bits per heavy atom. The van der Waals surface area contributed by atoms with Gasteiger partial charge in [-0.25, -0.2) is 4.79 Å². The monoisotopic (exact) mass is 396 g/mol. The Hall–Kier alpha value is -3.07. The SMILES string of the molecule is O=c1cc(C(F)(F)F)c2ccc(OS(=O)(=O)/C=C/c3ccccc3)cc2o1. The lowest BCUT2D eigenvalue weighted by Crippen LogP contribution is -2.11. The van der Waals surface area contributed by atoms with Crippen LogP contribution in [0, 0.1) is 0 Å². The highest BCUT2D eigenvalue weighted by Gasteiger charge is 2.34. The predicted molar refractivity (Wildman–Crippen MR) is 92.5 cm³/mol. The molecule has 0 aliphatic carbocycles. The van der Waals surface area contributed by atoms with Crippen molar-refractivity contribution < 1.29 is 30.2 Å². The van der Waals surface area contributed by atoms with Crippen molar-refractivity contribution in [2.75, 3.05) is 0 Å². The second kappa shape index (κ2) is 6.92. The Kier molecular flexibility index (Phi) is 4.79. The van der Waals surface area contributed by atoms with E-state index in [2.05, 4.69) is 0 Å². The van der Waals surface area contributed by atoms with Crippen LogP contribution in [-0.2, 0) is 16.3 Å². The second-order valence-corrected chi connectivity index (χ2v) is 6.85. The smallest absolute Gasteiger partial charge is 0.417 e. The summed E-state index contributed by atoms with van der Waals surface area (Å²) in [7, 11) is -4.17. The molecule has 3 rings (SSSR count). The third-order valence-corrected chi connectivity index (χ3v) is 4.35. The fourth-order valence-corrected chi connectivity index (χ4v) is 3.07. The van der Waals surface area contributed by atoms with E-state index in [0.29, 0.717) is 11.6 Å². The number of halogens is 3. The van der Waals surface area contributed by atoms with E-state index in [-0.39, 0.29) is 11.1 Å². The molecular weight excluding hydrogens is 385 g/mol. The number of rotatable bonds is 4. The highest BCUT2D eigenvalue weighted by molar-refractivity contribution is 7.90. The zero-order chi connectivity index (χ0) is 19.7. The Morgan fingerprint density at radius 2 is 1.70 bits per heavy atom. The zero-order valence-corrected chi connectivity index (χ0v) is 14.3. The van der Waals surface area contributed by atoms with Crippen molar-refractivity contribution >= 4 is 27.2 Å². The van der Waals surface area contributed by atoms with E-state index in [4.69, 9.17) is 8.60 Å². The van der Waals surface area contributed by atoms with Gasteiger partial charge >= 0.3 is 21.9 Å². The minimum atomic E-state index is -4.76. The molecule has 3 aromatic rings. The van der Waals surface area contributed by atoms with Crippen LogP contribution in [0.3, 0.4) is 0 Å². The standard InChI is InChI=1S/C18H11F3O5S/c19-18(20,21)15-11-17(22)25-16-10-13(6-7-14(15)16)26-27(23,24)9-8-12-4-2-1-3-5-12/h1-11H/b9-8+. The molecule has 1 heterocycles. The first kappa shape index (κ1) is 18.7. The van der Waals surface area contributed by atoms with Crippen LogP contribution in [0.1, 0.15) is 11.1 Å². The molecule has 0 N–H and O–H groups in total. The van der Waals surface area contributed by atoms with E-state index in [0.717, 1.165) is 23.6 Å². The third-order valence-electron chi connectivity index (χ3n) is 3.46. The van der Waals surface area contributed by atoms with Gasteiger partial charge in [0.2, 0.25) is 0 Å². The lowest BCUT2D eigenvalue weighted by molar-refractivity contribution is -0.136. The van der Waals surface area contributed by atoms with E-state index in [1.807, 2.05) is 0 Å². The first-order valence-corrected chi connectivity index (χ1v) is 8.94. The molecule has 0 aliphatic rings. The fraction of sp³-hybridized carbons (Fsp3) is 0.0556. The van der Waals surface area contributed by atoms with Crippen molar-refractivity contribution in [3.8, 4) is 5.75 Å². The first-order valence-electron chi connectivity index (χ1n) is 7.47. The molecule has 0 radical (unpaired) electrons. The number of alkyl halides is 3. The molecule has 0 saturated carbocycles. The van der Waals surface area contributed by atoms with Gasteiger partial charge in [0.05, 0.1) is 11.0 Å². The van der Waals surface area contributed by atoms with Crippen LogP contribution in [0.15, 0.2) is 69.2 Å². The predicted octanol–water partition coefficient (Wildman–Crippen LogP) is 4.19. The van der Waals surface area contributed by atoms with Crippen LogP contribution in [-0.4, -0.2) is 8.42 Å². The van der Waals surface area contributed by atoms with Gasteiger partial charge in [0.1, 0.15) is 11.3 Å². The maximum atomic E-state index is 13.0. The topological polar surface area (TPSA) is 73.6 Å². The summed E-state index contributed by atoms with van der Waals surface area (Å²) in [5, 5.41) is 0.432. The quantitative estimate of drug-likeness (QED) is 0.488. The summed E-state index contributed by atoms with van der Waals surface area (Å²) in [6.07, 6.45) is -3.46. The molecule has 1 aromatic heterocycles. The first-order chi connectivity index (χ1) is 12.6. The van der Waals surface area contributed by atoms with Crippen LogP contribution >= 0.6 is 0 Å². The summed E-state index contributed by atoms with van der Waals surface area (Å²) >= 11 is 0. The van der Waals surface area contributed by atoms with Crippen molar-refractivity contribution in [3.63, 3.8) is 0 Å². The number of hydrogen-bond donors (Lipinski definition) is 0. The van der Waals surface area contributed by atoms with Crippen molar-refractivity contribution in [1.82, 2.24) is 0 Å². The van der Waals surface area contributed by atoms with Gasteiger partial charge in [0.25, 0.3) is 0 Å². The van der Waals surface area contributed by atoms with E-state index >= 15 is 0 Å². The van der Waals surface area contributed by atoms with E-state index in [9.17, 15) is 26.4 Å². The highest BCUT2D eigenvalue weighted by Crippen LogP contribution is 2.35. The lowest BCUT2D eigenvalue weighted by Gasteiger charge is -2.10. The van der Waals surface area contributed by atoms with Gasteiger partial charge in [-0.05, 0) is 23.8 Å². The summed E-state index contributed by atoms with van der Waals surface area (Å²) in [5.41, 5.74) is -2.20. The molecule has 0 atom stereocenters. The summed E-state index contributed by atoms with van der Waals surface area (Å²) in [4.78, 5) is 11.4. The van der Waals surface area contributed by atoms with Crippen molar-refractivity contribution in [2.24, 2.45) is 0 Å². The van der Waals surface area contributed by atoms with Crippen LogP contribution in [0.2, 0.25) is 0 Å². The molecule has 0 unspecified atom stereocenters. The van der Waals surface area contributed by atoms with Crippen molar-refractivity contribution in [1.29, 1.82) is 0 Å². The molecule has 5 nitrogen and oxygen atoms in total. The summed E-state index contributed by atoms with van der Waals surface area (Å²) in [6.45, 7) is 0. The molecule has 0 aliphatic heterocycles. The fourth-order valence-electron chi connectivity index (χ4n) is 2.32. The molecule has 0 spiro atoms. The summed E-state index contributed by atoms with van der Waals surface area (Å²) < 4.78 is 72.7. The van der Waals surface area contributed by atoms with Crippen LogP contribution in [0.5, 0.6) is 5.75 Å². The van der Waals surface area contributed by atoms with Gasteiger partial charge in [-0.3, -0.25) is 0 Å². The minimum Gasteiger partial charge on any atom is -0.423 e. The Labute approximate surface area is 151 Å². The Bertz CT molecular complexity index is 1160. The van der Waals surface area contributed by atoms with Crippen molar-refractivity contribution in [3.05, 3.63) is 81.6 Å². The highest BCUT2D eigenvalue weighted by atomic mass is 32.2. The Balaban J connectivity index is 1.94. The normalized spacial score (nSPS) is 12.6. The van der Waals surface area contributed by atoms with Crippen molar-refractivity contribution in [2.45, 2.75) is 6.18 Å². The molecule has 27 heavy (non-hydrogen) atoms. The maximum absolute atomic E-state index is 13.0. The van der Waals surface area contributed by atoms with E-state index in [1.54, 1.807) is 30.3 Å². The molecule has 140 valence electrons. The van der Waals surface area contributed by atoms with E-state index in [1.165, 1.54) is 6.08 Å². The summed E-state index contributed by atoms with van der Waals surface area (Å²) in [5.74, 6) is -0.289. The Morgan fingerprint density at radius 3 is 2.37 bits per heavy atom.